The van der Waals surface area contributed by atoms with Crippen molar-refractivity contribution in [3.63, 3.8) is 0 Å². The van der Waals surface area contributed by atoms with Gasteiger partial charge in [-0.25, -0.2) is 0 Å². The van der Waals surface area contributed by atoms with Crippen LogP contribution in [0.1, 0.15) is 38.2 Å². The molecule has 2 N–H and O–H groups in total. The first-order chi connectivity index (χ1) is 9.12. The molecule has 0 spiro atoms. The predicted molar refractivity (Wildman–Crippen MR) is 76.7 cm³/mol. The molecule has 0 bridgehead atoms. The van der Waals surface area contributed by atoms with Gasteiger partial charge >= 0.3 is 0 Å². The van der Waals surface area contributed by atoms with Crippen LogP contribution in [0.2, 0.25) is 0 Å². The van der Waals surface area contributed by atoms with Gasteiger partial charge in [-0.15, -0.1) is 0 Å². The lowest BCUT2D eigenvalue weighted by atomic mass is 9.92. The second-order valence-corrected chi connectivity index (χ2v) is 6.20. The second kappa shape index (κ2) is 4.55. The van der Waals surface area contributed by atoms with Crippen molar-refractivity contribution < 1.29 is 4.79 Å². The number of likely N-dealkylation sites (tertiary alicyclic amines) is 1. The monoisotopic (exact) mass is 258 g/mol. The fourth-order valence-corrected chi connectivity index (χ4v) is 3.23. The van der Waals surface area contributed by atoms with E-state index in [4.69, 9.17) is 5.73 Å². The summed E-state index contributed by atoms with van der Waals surface area (Å²) in [5.74, 6) is 0.976. The summed E-state index contributed by atoms with van der Waals surface area (Å²) >= 11 is 0. The number of carbonyl (C=O) groups excluding carboxylic acids is 1. The van der Waals surface area contributed by atoms with E-state index in [1.165, 1.54) is 6.42 Å². The summed E-state index contributed by atoms with van der Waals surface area (Å²) < 4.78 is 0. The number of benzene rings is 1. The quantitative estimate of drug-likeness (QED) is 0.829. The van der Waals surface area contributed by atoms with E-state index in [0.29, 0.717) is 11.8 Å². The molecule has 3 heteroatoms. The summed E-state index contributed by atoms with van der Waals surface area (Å²) in [5, 5.41) is 0. The second-order valence-electron chi connectivity index (χ2n) is 6.20. The highest BCUT2D eigenvalue weighted by molar-refractivity contribution is 5.91. The summed E-state index contributed by atoms with van der Waals surface area (Å²) in [6, 6.07) is 7.85. The number of amides is 1. The van der Waals surface area contributed by atoms with Gasteiger partial charge in [0.2, 0.25) is 5.91 Å². The van der Waals surface area contributed by atoms with E-state index in [1.807, 2.05) is 24.3 Å². The first-order valence-corrected chi connectivity index (χ1v) is 7.27. The molecule has 102 valence electrons. The Labute approximate surface area is 114 Å². The third kappa shape index (κ3) is 2.22. The molecule has 1 atom stereocenters. The number of hydrogen-bond donors (Lipinski definition) is 1. The fourth-order valence-electron chi connectivity index (χ4n) is 3.23. The SMILES string of the molecule is CC1CCCN(C(=O)C2(c3ccc(N)cc3)CC2)C1. The van der Waals surface area contributed by atoms with Crippen molar-refractivity contribution in [3.05, 3.63) is 29.8 Å². The molecule has 2 fully saturated rings. The highest BCUT2D eigenvalue weighted by Gasteiger charge is 2.53. The molecule has 1 saturated heterocycles. The van der Waals surface area contributed by atoms with E-state index in [2.05, 4.69) is 11.8 Å². The Hall–Kier alpha value is -1.51. The zero-order valence-electron chi connectivity index (χ0n) is 11.6. The van der Waals surface area contributed by atoms with Crippen LogP contribution in [0.3, 0.4) is 0 Å². The van der Waals surface area contributed by atoms with Crippen molar-refractivity contribution >= 4 is 11.6 Å². The van der Waals surface area contributed by atoms with Crippen molar-refractivity contribution in [2.75, 3.05) is 18.8 Å². The Morgan fingerprint density at radius 3 is 2.58 bits per heavy atom. The molecule has 2 aliphatic rings. The first-order valence-electron chi connectivity index (χ1n) is 7.27. The molecule has 3 rings (SSSR count). The Balaban J connectivity index is 1.80. The number of nitrogen functional groups attached to an aromatic ring is 1. The third-order valence-corrected chi connectivity index (χ3v) is 4.57. The average molecular weight is 258 g/mol. The van der Waals surface area contributed by atoms with Crippen LogP contribution < -0.4 is 5.73 Å². The number of anilines is 1. The third-order valence-electron chi connectivity index (χ3n) is 4.57. The molecule has 1 aliphatic carbocycles. The summed E-state index contributed by atoms with van der Waals surface area (Å²) in [4.78, 5) is 14.9. The summed E-state index contributed by atoms with van der Waals surface area (Å²) in [7, 11) is 0. The molecular formula is C16H22N2O. The highest BCUT2D eigenvalue weighted by Crippen LogP contribution is 2.50. The molecule has 1 aromatic rings. The van der Waals surface area contributed by atoms with E-state index in [0.717, 1.165) is 43.6 Å². The predicted octanol–water partition coefficient (Wildman–Crippen LogP) is 2.56. The Morgan fingerprint density at radius 2 is 2.00 bits per heavy atom. The molecule has 1 heterocycles. The van der Waals surface area contributed by atoms with Crippen LogP contribution in [0.4, 0.5) is 5.69 Å². The molecule has 1 saturated carbocycles. The van der Waals surface area contributed by atoms with Gasteiger partial charge < -0.3 is 10.6 Å². The normalized spacial score (nSPS) is 25.1. The number of carbonyl (C=O) groups is 1. The molecular weight excluding hydrogens is 236 g/mol. The molecule has 1 unspecified atom stereocenters. The van der Waals surface area contributed by atoms with Crippen LogP contribution in [0.5, 0.6) is 0 Å². The minimum Gasteiger partial charge on any atom is -0.399 e. The van der Waals surface area contributed by atoms with Crippen molar-refractivity contribution in [1.82, 2.24) is 4.90 Å². The summed E-state index contributed by atoms with van der Waals surface area (Å²) in [5.41, 5.74) is 7.41. The van der Waals surface area contributed by atoms with E-state index < -0.39 is 0 Å². The molecule has 1 aliphatic heterocycles. The average Bonchev–Trinajstić information content (AvgIpc) is 3.20. The van der Waals surface area contributed by atoms with Crippen LogP contribution >= 0.6 is 0 Å². The molecule has 3 nitrogen and oxygen atoms in total. The number of rotatable bonds is 2. The number of nitrogens with two attached hydrogens (primary N) is 1. The highest BCUT2D eigenvalue weighted by atomic mass is 16.2. The van der Waals surface area contributed by atoms with E-state index in [-0.39, 0.29) is 5.41 Å². The van der Waals surface area contributed by atoms with Crippen molar-refractivity contribution in [1.29, 1.82) is 0 Å². The topological polar surface area (TPSA) is 46.3 Å². The molecule has 1 aromatic carbocycles. The van der Waals surface area contributed by atoms with Crippen LogP contribution in [-0.4, -0.2) is 23.9 Å². The number of hydrogen-bond acceptors (Lipinski definition) is 2. The van der Waals surface area contributed by atoms with Gasteiger partial charge in [-0.3, -0.25) is 4.79 Å². The lowest BCUT2D eigenvalue weighted by molar-refractivity contribution is -0.135. The Kier molecular flexibility index (Phi) is 3.00. The molecule has 1 amide bonds. The first kappa shape index (κ1) is 12.5. The van der Waals surface area contributed by atoms with Crippen LogP contribution in [0.15, 0.2) is 24.3 Å². The van der Waals surface area contributed by atoms with Crippen molar-refractivity contribution in [2.24, 2.45) is 5.92 Å². The molecule has 19 heavy (non-hydrogen) atoms. The number of piperidine rings is 1. The van der Waals surface area contributed by atoms with E-state index >= 15 is 0 Å². The fraction of sp³-hybridized carbons (Fsp3) is 0.562. The van der Waals surface area contributed by atoms with Gasteiger partial charge in [0.25, 0.3) is 0 Å². The maximum absolute atomic E-state index is 12.8. The summed E-state index contributed by atoms with van der Waals surface area (Å²) in [6.45, 7) is 4.09. The van der Waals surface area contributed by atoms with E-state index in [9.17, 15) is 4.79 Å². The lowest BCUT2D eigenvalue weighted by Crippen LogP contribution is -2.44. The Morgan fingerprint density at radius 1 is 1.32 bits per heavy atom. The lowest BCUT2D eigenvalue weighted by Gasteiger charge is -2.34. The Bertz CT molecular complexity index is 476. The van der Waals surface area contributed by atoms with Crippen LogP contribution in [0.25, 0.3) is 0 Å². The van der Waals surface area contributed by atoms with Gasteiger partial charge in [0.15, 0.2) is 0 Å². The smallest absolute Gasteiger partial charge is 0.233 e. The minimum atomic E-state index is -0.231. The van der Waals surface area contributed by atoms with Crippen molar-refractivity contribution in [2.45, 2.75) is 38.0 Å². The van der Waals surface area contributed by atoms with Gasteiger partial charge in [0, 0.05) is 18.8 Å². The van der Waals surface area contributed by atoms with Crippen LogP contribution in [0, 0.1) is 5.92 Å². The zero-order chi connectivity index (χ0) is 13.5. The molecule has 0 radical (unpaired) electrons. The summed E-state index contributed by atoms with van der Waals surface area (Å²) in [6.07, 6.45) is 4.37. The maximum Gasteiger partial charge on any atom is 0.233 e. The molecule has 0 aromatic heterocycles. The van der Waals surface area contributed by atoms with Gasteiger partial charge in [-0.2, -0.15) is 0 Å². The van der Waals surface area contributed by atoms with Crippen molar-refractivity contribution in [3.8, 4) is 0 Å². The van der Waals surface area contributed by atoms with E-state index in [1.54, 1.807) is 0 Å². The van der Waals surface area contributed by atoms with Gasteiger partial charge in [0.05, 0.1) is 5.41 Å². The van der Waals surface area contributed by atoms with Crippen LogP contribution in [-0.2, 0) is 10.2 Å². The zero-order valence-corrected chi connectivity index (χ0v) is 11.6. The standard InChI is InChI=1S/C16H22N2O/c1-12-3-2-10-18(11-12)15(19)16(8-9-16)13-4-6-14(17)7-5-13/h4-7,12H,2-3,8-11,17H2,1H3. The number of nitrogens with zero attached hydrogens (tertiary/aromatic N) is 1. The maximum atomic E-state index is 12.8. The van der Waals surface area contributed by atoms with Gasteiger partial charge in [0.1, 0.15) is 0 Å². The van der Waals surface area contributed by atoms with Gasteiger partial charge in [-0.1, -0.05) is 19.1 Å². The minimum absolute atomic E-state index is 0.231. The largest absolute Gasteiger partial charge is 0.399 e. The van der Waals surface area contributed by atoms with Gasteiger partial charge in [-0.05, 0) is 49.3 Å².